The lowest BCUT2D eigenvalue weighted by Gasteiger charge is -2.30. The molecule has 1 aliphatic rings. The van der Waals surface area contributed by atoms with Crippen LogP contribution in [-0.4, -0.2) is 45.6 Å². The largest absolute Gasteiger partial charge is 0.386 e. The average molecular weight is 189 g/mol. The van der Waals surface area contributed by atoms with E-state index in [1.807, 2.05) is 6.92 Å². The van der Waals surface area contributed by atoms with E-state index in [9.17, 15) is 4.21 Å². The van der Waals surface area contributed by atoms with Crippen LogP contribution in [0.3, 0.4) is 0 Å². The lowest BCUT2D eigenvalue weighted by molar-refractivity contribution is 0.276. The SMILES string of the molecule is CC(C(=N)N)N1CCS(=O)CC1. The number of hydrogen-bond donors (Lipinski definition) is 2. The molecular formula is C7H15N3OS. The van der Waals surface area contributed by atoms with Crippen LogP contribution < -0.4 is 5.73 Å². The van der Waals surface area contributed by atoms with E-state index in [2.05, 4.69) is 4.90 Å². The van der Waals surface area contributed by atoms with E-state index in [0.717, 1.165) is 24.6 Å². The fourth-order valence-corrected chi connectivity index (χ4v) is 2.32. The maximum atomic E-state index is 11.0. The number of nitrogens with two attached hydrogens (primary N) is 1. The van der Waals surface area contributed by atoms with Crippen molar-refractivity contribution in [1.29, 1.82) is 5.41 Å². The normalized spacial score (nSPS) is 23.8. The summed E-state index contributed by atoms with van der Waals surface area (Å²) in [4.78, 5) is 2.10. The van der Waals surface area contributed by atoms with Crippen molar-refractivity contribution in [2.75, 3.05) is 24.6 Å². The molecule has 70 valence electrons. The first-order chi connectivity index (χ1) is 5.61. The Morgan fingerprint density at radius 3 is 2.50 bits per heavy atom. The minimum atomic E-state index is -0.644. The Hall–Kier alpha value is -0.420. The first-order valence-electron chi connectivity index (χ1n) is 4.04. The molecule has 3 N–H and O–H groups in total. The van der Waals surface area contributed by atoms with Gasteiger partial charge in [0.2, 0.25) is 0 Å². The number of rotatable bonds is 2. The molecule has 0 aromatic rings. The molecule has 1 heterocycles. The Morgan fingerprint density at radius 2 is 2.08 bits per heavy atom. The molecule has 1 rings (SSSR count). The quantitative estimate of drug-likeness (QED) is 0.449. The second-order valence-corrected chi connectivity index (χ2v) is 4.71. The van der Waals surface area contributed by atoms with Crippen molar-refractivity contribution in [1.82, 2.24) is 4.90 Å². The van der Waals surface area contributed by atoms with Crippen molar-refractivity contribution in [3.63, 3.8) is 0 Å². The fourth-order valence-electron chi connectivity index (χ4n) is 1.24. The van der Waals surface area contributed by atoms with E-state index in [-0.39, 0.29) is 11.9 Å². The molecule has 1 saturated heterocycles. The summed E-state index contributed by atoms with van der Waals surface area (Å²) in [6, 6.07) is 0.00213. The van der Waals surface area contributed by atoms with E-state index < -0.39 is 10.8 Å². The summed E-state index contributed by atoms with van der Waals surface area (Å²) in [7, 11) is -0.644. The lowest BCUT2D eigenvalue weighted by Crippen LogP contribution is -2.48. The van der Waals surface area contributed by atoms with Crippen molar-refractivity contribution in [3.05, 3.63) is 0 Å². The van der Waals surface area contributed by atoms with Gasteiger partial charge in [-0.25, -0.2) is 0 Å². The Bertz CT molecular complexity index is 197. The van der Waals surface area contributed by atoms with Gasteiger partial charge in [-0.05, 0) is 6.92 Å². The standard InChI is InChI=1S/C7H15N3OS/c1-6(7(8)9)10-2-4-12(11)5-3-10/h6H,2-5H2,1H3,(H3,8,9). The number of nitrogens with zero attached hydrogens (tertiary/aromatic N) is 1. The minimum absolute atomic E-state index is 0.00213. The molecule has 1 atom stereocenters. The number of nitrogens with one attached hydrogen (secondary N) is 1. The van der Waals surface area contributed by atoms with Crippen molar-refractivity contribution in [2.45, 2.75) is 13.0 Å². The van der Waals surface area contributed by atoms with Crippen molar-refractivity contribution < 1.29 is 4.21 Å². The van der Waals surface area contributed by atoms with Gasteiger partial charge in [0.05, 0.1) is 6.04 Å². The molecule has 0 saturated carbocycles. The molecule has 0 aliphatic carbocycles. The van der Waals surface area contributed by atoms with Gasteiger partial charge in [-0.1, -0.05) is 0 Å². The third-order valence-corrected chi connectivity index (χ3v) is 3.49. The van der Waals surface area contributed by atoms with Gasteiger partial charge in [-0.15, -0.1) is 0 Å². The van der Waals surface area contributed by atoms with Gasteiger partial charge >= 0.3 is 0 Å². The van der Waals surface area contributed by atoms with Crippen molar-refractivity contribution in [3.8, 4) is 0 Å². The van der Waals surface area contributed by atoms with Gasteiger partial charge in [0.15, 0.2) is 0 Å². The first-order valence-corrected chi connectivity index (χ1v) is 5.53. The van der Waals surface area contributed by atoms with E-state index in [1.165, 1.54) is 0 Å². The molecule has 0 aromatic carbocycles. The second-order valence-electron chi connectivity index (χ2n) is 3.02. The predicted octanol–water partition coefficient (Wildman–Crippen LogP) is -0.625. The van der Waals surface area contributed by atoms with Crippen LogP contribution in [0, 0.1) is 5.41 Å². The molecular weight excluding hydrogens is 174 g/mol. The Labute approximate surface area is 75.1 Å². The van der Waals surface area contributed by atoms with Gasteiger partial charge in [-0.3, -0.25) is 14.5 Å². The topological polar surface area (TPSA) is 70.2 Å². The summed E-state index contributed by atoms with van der Waals surface area (Å²) in [6.07, 6.45) is 0. The summed E-state index contributed by atoms with van der Waals surface area (Å²) in [5.41, 5.74) is 5.37. The Morgan fingerprint density at radius 1 is 1.58 bits per heavy atom. The van der Waals surface area contributed by atoms with Crippen LogP contribution in [0.5, 0.6) is 0 Å². The van der Waals surface area contributed by atoms with Gasteiger partial charge in [-0.2, -0.15) is 0 Å². The summed E-state index contributed by atoms with van der Waals surface area (Å²) in [6.45, 7) is 3.51. The van der Waals surface area contributed by atoms with Gasteiger partial charge in [0, 0.05) is 35.4 Å². The highest BCUT2D eigenvalue weighted by atomic mass is 32.2. The molecule has 12 heavy (non-hydrogen) atoms. The molecule has 4 nitrogen and oxygen atoms in total. The molecule has 0 radical (unpaired) electrons. The maximum Gasteiger partial charge on any atom is 0.108 e. The maximum absolute atomic E-state index is 11.0. The third-order valence-electron chi connectivity index (χ3n) is 2.21. The second kappa shape index (κ2) is 4.00. The monoisotopic (exact) mass is 189 g/mol. The minimum Gasteiger partial charge on any atom is -0.386 e. The smallest absolute Gasteiger partial charge is 0.108 e. The van der Waals surface area contributed by atoms with Crippen LogP contribution in [0.25, 0.3) is 0 Å². The molecule has 0 aromatic heterocycles. The fraction of sp³-hybridized carbons (Fsp3) is 0.857. The Balaban J connectivity index is 2.44. The van der Waals surface area contributed by atoms with Crippen molar-refractivity contribution >= 4 is 16.6 Å². The van der Waals surface area contributed by atoms with E-state index in [4.69, 9.17) is 11.1 Å². The summed E-state index contributed by atoms with van der Waals surface area (Å²) in [5.74, 6) is 1.64. The lowest BCUT2D eigenvalue weighted by atomic mass is 10.2. The van der Waals surface area contributed by atoms with E-state index >= 15 is 0 Å². The molecule has 0 amide bonds. The molecule has 1 aliphatic heterocycles. The van der Waals surface area contributed by atoms with E-state index in [1.54, 1.807) is 0 Å². The molecule has 1 unspecified atom stereocenters. The van der Waals surface area contributed by atoms with Crippen LogP contribution in [0.2, 0.25) is 0 Å². The first kappa shape index (κ1) is 9.67. The Kier molecular flexibility index (Phi) is 3.22. The zero-order chi connectivity index (χ0) is 9.14. The predicted molar refractivity (Wildman–Crippen MR) is 50.8 cm³/mol. The highest BCUT2D eigenvalue weighted by Gasteiger charge is 2.21. The number of hydrogen-bond acceptors (Lipinski definition) is 3. The summed E-state index contributed by atoms with van der Waals surface area (Å²) >= 11 is 0. The average Bonchev–Trinajstić information content (AvgIpc) is 2.04. The number of amidine groups is 1. The highest BCUT2D eigenvalue weighted by Crippen LogP contribution is 2.04. The van der Waals surface area contributed by atoms with E-state index in [0.29, 0.717) is 0 Å². The molecule has 1 fully saturated rings. The van der Waals surface area contributed by atoms with Gasteiger partial charge < -0.3 is 5.73 Å². The van der Waals surface area contributed by atoms with Crippen LogP contribution in [0.4, 0.5) is 0 Å². The van der Waals surface area contributed by atoms with Crippen LogP contribution in [0.15, 0.2) is 0 Å². The van der Waals surface area contributed by atoms with Gasteiger partial charge in [0.1, 0.15) is 5.84 Å². The zero-order valence-electron chi connectivity index (χ0n) is 7.25. The van der Waals surface area contributed by atoms with Crippen molar-refractivity contribution in [2.24, 2.45) is 5.73 Å². The highest BCUT2D eigenvalue weighted by molar-refractivity contribution is 7.85. The molecule has 0 bridgehead atoms. The van der Waals surface area contributed by atoms with Gasteiger partial charge in [0.25, 0.3) is 0 Å². The third kappa shape index (κ3) is 2.28. The molecule has 5 heteroatoms. The zero-order valence-corrected chi connectivity index (χ0v) is 8.06. The summed E-state index contributed by atoms with van der Waals surface area (Å²) in [5, 5.41) is 7.25. The van der Waals surface area contributed by atoms with Crippen LogP contribution >= 0.6 is 0 Å². The summed E-state index contributed by atoms with van der Waals surface area (Å²) < 4.78 is 11.0. The van der Waals surface area contributed by atoms with Crippen LogP contribution in [-0.2, 0) is 10.8 Å². The van der Waals surface area contributed by atoms with Crippen LogP contribution in [0.1, 0.15) is 6.92 Å². The molecule has 0 spiro atoms.